The standard InChI is InChI=1S/C12H22O10/c13-2-5-8(17)9(18)10(19)12(21-5)22-11-4(15)1-7(16)20-6(11)3-14/h4-19H,1-3H2/t4-,5-,6-,7+,8-,9+,10-,11+,12-/m1/s1. The van der Waals surface area contributed by atoms with E-state index in [0.717, 1.165) is 0 Å². The molecule has 0 aliphatic carbocycles. The Bertz CT molecular complexity index is 353. The van der Waals surface area contributed by atoms with E-state index in [1.165, 1.54) is 0 Å². The van der Waals surface area contributed by atoms with Gasteiger partial charge in [0, 0.05) is 6.42 Å². The summed E-state index contributed by atoms with van der Waals surface area (Å²) in [6.45, 7) is -1.17. The van der Waals surface area contributed by atoms with Crippen LogP contribution in [0.1, 0.15) is 6.42 Å². The minimum Gasteiger partial charge on any atom is -0.394 e. The molecule has 2 rings (SSSR count). The molecule has 0 aromatic rings. The van der Waals surface area contributed by atoms with Crippen LogP contribution >= 0.6 is 0 Å². The van der Waals surface area contributed by atoms with Crippen LogP contribution in [0.15, 0.2) is 0 Å². The van der Waals surface area contributed by atoms with Gasteiger partial charge in [-0.1, -0.05) is 0 Å². The lowest BCUT2D eigenvalue weighted by molar-refractivity contribution is -0.342. The molecule has 10 heteroatoms. The number of aliphatic hydroxyl groups excluding tert-OH is 7. The van der Waals surface area contributed by atoms with E-state index in [0.29, 0.717) is 0 Å². The second kappa shape index (κ2) is 7.45. The number of hydrogen-bond acceptors (Lipinski definition) is 10. The SMILES string of the molecule is OC[C@H]1O[C@H](O[C@H]2[C@H](O)C[C@@H](O)O[C@@H]2CO)[C@H](O)[C@@H](O)[C@@H]1O. The van der Waals surface area contributed by atoms with Crippen molar-refractivity contribution in [2.75, 3.05) is 13.2 Å². The minimum atomic E-state index is -1.63. The molecule has 0 spiro atoms. The van der Waals surface area contributed by atoms with Crippen molar-refractivity contribution in [2.24, 2.45) is 0 Å². The normalized spacial score (nSPS) is 50.0. The number of rotatable bonds is 4. The molecule has 0 aromatic carbocycles. The summed E-state index contributed by atoms with van der Waals surface area (Å²) in [6, 6.07) is 0. The van der Waals surface area contributed by atoms with Crippen molar-refractivity contribution in [3.05, 3.63) is 0 Å². The van der Waals surface area contributed by atoms with Gasteiger partial charge in [-0.2, -0.15) is 0 Å². The minimum absolute atomic E-state index is 0.168. The Morgan fingerprint density at radius 3 is 2.05 bits per heavy atom. The highest BCUT2D eigenvalue weighted by Gasteiger charge is 2.47. The zero-order chi connectivity index (χ0) is 16.4. The molecule has 2 aliphatic rings. The summed E-state index contributed by atoms with van der Waals surface area (Å²) in [5.74, 6) is 0. The van der Waals surface area contributed by atoms with Crippen molar-refractivity contribution < 1.29 is 50.0 Å². The molecule has 2 heterocycles. The molecular formula is C12H22O10. The van der Waals surface area contributed by atoms with Crippen molar-refractivity contribution in [3.63, 3.8) is 0 Å². The summed E-state index contributed by atoms with van der Waals surface area (Å²) >= 11 is 0. The monoisotopic (exact) mass is 326 g/mol. The van der Waals surface area contributed by atoms with Crippen LogP contribution in [0.25, 0.3) is 0 Å². The molecule has 22 heavy (non-hydrogen) atoms. The topological polar surface area (TPSA) is 169 Å². The molecule has 2 aliphatic heterocycles. The Morgan fingerprint density at radius 2 is 1.45 bits per heavy atom. The van der Waals surface area contributed by atoms with E-state index in [1.54, 1.807) is 0 Å². The third-order valence-electron chi connectivity index (χ3n) is 3.84. The first-order chi connectivity index (χ1) is 10.4. The zero-order valence-corrected chi connectivity index (χ0v) is 11.7. The van der Waals surface area contributed by atoms with Crippen molar-refractivity contribution in [1.29, 1.82) is 0 Å². The molecule has 9 atom stereocenters. The Morgan fingerprint density at radius 1 is 0.818 bits per heavy atom. The number of aliphatic hydroxyl groups is 7. The van der Waals surface area contributed by atoms with E-state index >= 15 is 0 Å². The first-order valence-corrected chi connectivity index (χ1v) is 6.97. The fourth-order valence-corrected chi connectivity index (χ4v) is 2.58. The van der Waals surface area contributed by atoms with Gasteiger partial charge in [-0.05, 0) is 0 Å². The molecule has 0 bridgehead atoms. The van der Waals surface area contributed by atoms with Crippen LogP contribution in [0.3, 0.4) is 0 Å². The summed E-state index contributed by atoms with van der Waals surface area (Å²) < 4.78 is 15.5. The number of hydrogen-bond donors (Lipinski definition) is 7. The van der Waals surface area contributed by atoms with Gasteiger partial charge in [0.05, 0.1) is 19.3 Å². The second-order valence-corrected chi connectivity index (χ2v) is 5.41. The van der Waals surface area contributed by atoms with E-state index in [-0.39, 0.29) is 6.42 Å². The van der Waals surface area contributed by atoms with Gasteiger partial charge in [0.15, 0.2) is 12.6 Å². The van der Waals surface area contributed by atoms with Crippen LogP contribution in [-0.4, -0.2) is 104 Å². The fraction of sp³-hybridized carbons (Fsp3) is 1.00. The van der Waals surface area contributed by atoms with Gasteiger partial charge in [0.2, 0.25) is 0 Å². The summed E-state index contributed by atoms with van der Waals surface area (Å²) in [5.41, 5.74) is 0. The summed E-state index contributed by atoms with van der Waals surface area (Å²) in [5, 5.41) is 66.8. The van der Waals surface area contributed by atoms with Crippen molar-refractivity contribution in [1.82, 2.24) is 0 Å². The highest BCUT2D eigenvalue weighted by Crippen LogP contribution is 2.28. The lowest BCUT2D eigenvalue weighted by Crippen LogP contribution is -2.62. The van der Waals surface area contributed by atoms with Gasteiger partial charge in [-0.25, -0.2) is 0 Å². The van der Waals surface area contributed by atoms with Crippen LogP contribution in [-0.2, 0) is 14.2 Å². The Kier molecular flexibility index (Phi) is 6.07. The van der Waals surface area contributed by atoms with Crippen molar-refractivity contribution >= 4 is 0 Å². The van der Waals surface area contributed by atoms with Crippen LogP contribution < -0.4 is 0 Å². The molecule has 7 N–H and O–H groups in total. The van der Waals surface area contributed by atoms with Gasteiger partial charge in [-0.3, -0.25) is 0 Å². The lowest BCUT2D eigenvalue weighted by atomic mass is 9.98. The highest BCUT2D eigenvalue weighted by molar-refractivity contribution is 4.91. The Balaban J connectivity index is 2.07. The van der Waals surface area contributed by atoms with E-state index in [1.807, 2.05) is 0 Å². The third-order valence-corrected chi connectivity index (χ3v) is 3.84. The van der Waals surface area contributed by atoms with E-state index in [2.05, 4.69) is 0 Å². The average molecular weight is 326 g/mol. The van der Waals surface area contributed by atoms with Gasteiger partial charge in [0.1, 0.15) is 36.6 Å². The maximum Gasteiger partial charge on any atom is 0.187 e. The van der Waals surface area contributed by atoms with Gasteiger partial charge < -0.3 is 50.0 Å². The molecule has 0 amide bonds. The van der Waals surface area contributed by atoms with Gasteiger partial charge >= 0.3 is 0 Å². The van der Waals surface area contributed by atoms with E-state index in [4.69, 9.17) is 19.3 Å². The largest absolute Gasteiger partial charge is 0.394 e. The molecule has 0 aromatic heterocycles. The predicted octanol–water partition coefficient (Wildman–Crippen LogP) is -4.37. The quantitative estimate of drug-likeness (QED) is 0.268. The van der Waals surface area contributed by atoms with Crippen molar-refractivity contribution in [2.45, 2.75) is 61.7 Å². The summed E-state index contributed by atoms with van der Waals surface area (Å²) in [4.78, 5) is 0. The predicted molar refractivity (Wildman–Crippen MR) is 67.2 cm³/mol. The Labute approximate surface area is 126 Å². The van der Waals surface area contributed by atoms with Gasteiger partial charge in [-0.15, -0.1) is 0 Å². The molecule has 2 saturated heterocycles. The first kappa shape index (κ1) is 17.9. The molecule has 0 radical (unpaired) electrons. The molecule has 130 valence electrons. The van der Waals surface area contributed by atoms with Crippen LogP contribution in [0.4, 0.5) is 0 Å². The molecule has 0 saturated carbocycles. The van der Waals surface area contributed by atoms with Gasteiger partial charge in [0.25, 0.3) is 0 Å². The average Bonchev–Trinajstić information content (AvgIpc) is 2.49. The smallest absolute Gasteiger partial charge is 0.187 e. The number of ether oxygens (including phenoxy) is 3. The van der Waals surface area contributed by atoms with Crippen LogP contribution in [0.2, 0.25) is 0 Å². The first-order valence-electron chi connectivity index (χ1n) is 6.97. The summed E-state index contributed by atoms with van der Waals surface area (Å²) in [7, 11) is 0. The van der Waals surface area contributed by atoms with Crippen LogP contribution in [0, 0.1) is 0 Å². The fourth-order valence-electron chi connectivity index (χ4n) is 2.58. The maximum absolute atomic E-state index is 9.92. The molecule has 10 nitrogen and oxygen atoms in total. The Hall–Kier alpha value is -0.400. The van der Waals surface area contributed by atoms with Crippen molar-refractivity contribution in [3.8, 4) is 0 Å². The third kappa shape index (κ3) is 3.57. The van der Waals surface area contributed by atoms with E-state index < -0.39 is 68.5 Å². The highest BCUT2D eigenvalue weighted by atomic mass is 16.7. The second-order valence-electron chi connectivity index (χ2n) is 5.41. The molecule has 2 fully saturated rings. The maximum atomic E-state index is 9.92. The van der Waals surface area contributed by atoms with Crippen LogP contribution in [0.5, 0.6) is 0 Å². The molecule has 0 unspecified atom stereocenters. The zero-order valence-electron chi connectivity index (χ0n) is 11.7. The van der Waals surface area contributed by atoms with E-state index in [9.17, 15) is 30.6 Å². The summed E-state index contributed by atoms with van der Waals surface area (Å²) in [6.07, 6.45) is -12.2. The lowest BCUT2D eigenvalue weighted by Gasteiger charge is -2.44. The molecular weight excluding hydrogens is 304 g/mol.